The van der Waals surface area contributed by atoms with Crippen molar-refractivity contribution in [3.63, 3.8) is 0 Å². The molecule has 19 heavy (non-hydrogen) atoms. The Morgan fingerprint density at radius 3 is 2.79 bits per heavy atom. The molecule has 1 unspecified atom stereocenters. The first-order valence-corrected chi connectivity index (χ1v) is 6.51. The summed E-state index contributed by atoms with van der Waals surface area (Å²) in [6.07, 6.45) is 0.956. The Bertz CT molecular complexity index is 550. The van der Waals surface area contributed by atoms with Crippen molar-refractivity contribution in [1.82, 2.24) is 15.5 Å². The maximum Gasteiger partial charge on any atom is 0.320 e. The molecule has 2 aromatic rings. The van der Waals surface area contributed by atoms with Gasteiger partial charge in [0, 0.05) is 5.69 Å². The van der Waals surface area contributed by atoms with Crippen molar-refractivity contribution >= 4 is 11.7 Å². The summed E-state index contributed by atoms with van der Waals surface area (Å²) in [5.74, 6) is 0.580. The summed E-state index contributed by atoms with van der Waals surface area (Å²) in [6.45, 7) is 6.17. The molecule has 0 saturated heterocycles. The molecule has 0 aliphatic rings. The molecule has 0 bridgehead atoms. The second-order valence-electron chi connectivity index (χ2n) is 4.54. The van der Waals surface area contributed by atoms with Crippen LogP contribution in [-0.2, 0) is 6.42 Å². The highest BCUT2D eigenvalue weighted by Crippen LogP contribution is 2.25. The summed E-state index contributed by atoms with van der Waals surface area (Å²) >= 11 is 0. The molecule has 1 heterocycles. The first-order chi connectivity index (χ1) is 9.15. The Hall–Kier alpha value is -1.88. The fraction of sp³-hybridized carbons (Fsp3) is 0.429. The highest BCUT2D eigenvalue weighted by atomic mass is 16.4. The number of hydrogen-bond donors (Lipinski definition) is 2. The number of anilines is 2. The van der Waals surface area contributed by atoms with Crippen LogP contribution in [0.4, 0.5) is 11.7 Å². The molecule has 1 aromatic heterocycles. The Balaban J connectivity index is 2.24. The van der Waals surface area contributed by atoms with Gasteiger partial charge in [-0.25, -0.2) is 0 Å². The third kappa shape index (κ3) is 2.93. The van der Waals surface area contributed by atoms with E-state index in [0.29, 0.717) is 11.9 Å². The average molecular weight is 260 g/mol. The number of para-hydroxylation sites is 1. The predicted octanol–water partition coefficient (Wildman–Crippen LogP) is 2.96. The van der Waals surface area contributed by atoms with Crippen LogP contribution < -0.4 is 10.6 Å². The summed E-state index contributed by atoms with van der Waals surface area (Å²) in [4.78, 5) is 0. The number of aryl methyl sites for hydroxylation is 2. The molecule has 1 aromatic carbocycles. The van der Waals surface area contributed by atoms with Gasteiger partial charge in [0.25, 0.3) is 0 Å². The van der Waals surface area contributed by atoms with Gasteiger partial charge < -0.3 is 15.1 Å². The highest BCUT2D eigenvalue weighted by Gasteiger charge is 2.13. The molecule has 0 aliphatic heterocycles. The van der Waals surface area contributed by atoms with Crippen LogP contribution in [0.15, 0.2) is 22.6 Å². The van der Waals surface area contributed by atoms with E-state index in [1.807, 2.05) is 14.0 Å². The average Bonchev–Trinajstić information content (AvgIpc) is 2.88. The van der Waals surface area contributed by atoms with Crippen molar-refractivity contribution in [1.29, 1.82) is 0 Å². The van der Waals surface area contributed by atoms with E-state index in [1.54, 1.807) is 0 Å². The van der Waals surface area contributed by atoms with Gasteiger partial charge in [-0.15, -0.1) is 5.10 Å². The van der Waals surface area contributed by atoms with Crippen LogP contribution >= 0.6 is 0 Å². The summed E-state index contributed by atoms with van der Waals surface area (Å²) in [5, 5.41) is 14.3. The summed E-state index contributed by atoms with van der Waals surface area (Å²) in [6, 6.07) is 6.70. The fourth-order valence-corrected chi connectivity index (χ4v) is 1.89. The number of nitrogens with zero attached hydrogens (tertiary/aromatic N) is 2. The van der Waals surface area contributed by atoms with Gasteiger partial charge in [-0.05, 0) is 38.4 Å². The number of rotatable bonds is 5. The topological polar surface area (TPSA) is 63.0 Å². The van der Waals surface area contributed by atoms with E-state index in [9.17, 15) is 0 Å². The second-order valence-corrected chi connectivity index (χ2v) is 4.54. The standard InChI is InChI=1S/C14H20N4O/c1-5-11-8-6-7-9(2)12(11)16-14-18-17-13(19-14)10(3)15-4/h6-8,10,15H,5H2,1-4H3,(H,16,18). The van der Waals surface area contributed by atoms with Gasteiger partial charge in [-0.3, -0.25) is 0 Å². The minimum atomic E-state index is 0.0468. The van der Waals surface area contributed by atoms with Crippen LogP contribution in [0.25, 0.3) is 0 Å². The highest BCUT2D eigenvalue weighted by molar-refractivity contribution is 5.62. The Morgan fingerprint density at radius 2 is 2.11 bits per heavy atom. The third-order valence-electron chi connectivity index (χ3n) is 3.22. The van der Waals surface area contributed by atoms with Crippen LogP contribution in [-0.4, -0.2) is 17.2 Å². The van der Waals surface area contributed by atoms with E-state index in [-0.39, 0.29) is 6.04 Å². The van der Waals surface area contributed by atoms with Crippen molar-refractivity contribution in [3.8, 4) is 0 Å². The molecule has 5 heteroatoms. The van der Waals surface area contributed by atoms with Crippen LogP contribution in [0.3, 0.4) is 0 Å². The maximum atomic E-state index is 5.60. The summed E-state index contributed by atoms with van der Waals surface area (Å²) in [5.41, 5.74) is 3.46. The van der Waals surface area contributed by atoms with Crippen molar-refractivity contribution in [2.45, 2.75) is 33.2 Å². The number of aromatic nitrogens is 2. The Kier molecular flexibility index (Phi) is 4.16. The SMILES string of the molecule is CCc1cccc(C)c1Nc1nnc(C(C)NC)o1. The van der Waals surface area contributed by atoms with Crippen LogP contribution in [0.2, 0.25) is 0 Å². The molecular weight excluding hydrogens is 240 g/mol. The smallest absolute Gasteiger partial charge is 0.320 e. The third-order valence-corrected chi connectivity index (χ3v) is 3.22. The van der Waals surface area contributed by atoms with Gasteiger partial charge in [0.05, 0.1) is 6.04 Å². The Morgan fingerprint density at radius 1 is 1.32 bits per heavy atom. The molecule has 2 N–H and O–H groups in total. The van der Waals surface area contributed by atoms with Gasteiger partial charge in [0.15, 0.2) is 0 Å². The van der Waals surface area contributed by atoms with Crippen molar-refractivity contribution in [2.75, 3.05) is 12.4 Å². The zero-order valence-corrected chi connectivity index (χ0v) is 11.8. The quantitative estimate of drug-likeness (QED) is 0.865. The minimum absolute atomic E-state index is 0.0468. The van der Waals surface area contributed by atoms with Crippen molar-refractivity contribution in [3.05, 3.63) is 35.2 Å². The molecule has 1 atom stereocenters. The molecule has 0 amide bonds. The van der Waals surface area contributed by atoms with E-state index in [1.165, 1.54) is 11.1 Å². The molecule has 0 fully saturated rings. The van der Waals surface area contributed by atoms with E-state index in [0.717, 1.165) is 12.1 Å². The monoisotopic (exact) mass is 260 g/mol. The summed E-state index contributed by atoms with van der Waals surface area (Å²) < 4.78 is 5.60. The lowest BCUT2D eigenvalue weighted by Crippen LogP contribution is -2.12. The largest absolute Gasteiger partial charge is 0.406 e. The van der Waals surface area contributed by atoms with Gasteiger partial charge in [-0.2, -0.15) is 0 Å². The molecule has 0 spiro atoms. The van der Waals surface area contributed by atoms with Gasteiger partial charge in [0.1, 0.15) is 0 Å². The van der Waals surface area contributed by atoms with E-state index < -0.39 is 0 Å². The van der Waals surface area contributed by atoms with Crippen LogP contribution in [0, 0.1) is 6.92 Å². The van der Waals surface area contributed by atoms with Crippen LogP contribution in [0.5, 0.6) is 0 Å². The van der Waals surface area contributed by atoms with Crippen molar-refractivity contribution in [2.24, 2.45) is 0 Å². The van der Waals surface area contributed by atoms with E-state index in [4.69, 9.17) is 4.42 Å². The molecule has 102 valence electrons. The minimum Gasteiger partial charge on any atom is -0.406 e. The molecule has 2 rings (SSSR count). The lowest BCUT2D eigenvalue weighted by molar-refractivity contribution is 0.443. The van der Waals surface area contributed by atoms with Gasteiger partial charge in [-0.1, -0.05) is 30.2 Å². The summed E-state index contributed by atoms with van der Waals surface area (Å²) in [7, 11) is 1.86. The lowest BCUT2D eigenvalue weighted by Gasteiger charge is -2.10. The zero-order valence-electron chi connectivity index (χ0n) is 11.8. The first-order valence-electron chi connectivity index (χ1n) is 6.51. The number of hydrogen-bond acceptors (Lipinski definition) is 5. The first kappa shape index (κ1) is 13.5. The molecule has 0 aliphatic carbocycles. The predicted molar refractivity (Wildman–Crippen MR) is 75.6 cm³/mol. The second kappa shape index (κ2) is 5.84. The maximum absolute atomic E-state index is 5.60. The normalized spacial score (nSPS) is 12.4. The number of benzene rings is 1. The molecule has 0 radical (unpaired) electrons. The molecule has 5 nitrogen and oxygen atoms in total. The van der Waals surface area contributed by atoms with Crippen LogP contribution in [0.1, 0.15) is 36.9 Å². The molecule has 0 saturated carbocycles. The van der Waals surface area contributed by atoms with Crippen molar-refractivity contribution < 1.29 is 4.42 Å². The lowest BCUT2D eigenvalue weighted by atomic mass is 10.1. The molecular formula is C14H20N4O. The van der Waals surface area contributed by atoms with Gasteiger partial charge in [0.2, 0.25) is 5.89 Å². The number of nitrogens with one attached hydrogen (secondary N) is 2. The van der Waals surface area contributed by atoms with E-state index in [2.05, 4.69) is 52.9 Å². The van der Waals surface area contributed by atoms with E-state index >= 15 is 0 Å². The Labute approximate surface area is 113 Å². The zero-order chi connectivity index (χ0) is 13.8. The fourth-order valence-electron chi connectivity index (χ4n) is 1.89. The van der Waals surface area contributed by atoms with Gasteiger partial charge >= 0.3 is 6.01 Å².